The van der Waals surface area contributed by atoms with Crippen molar-refractivity contribution in [3.8, 4) is 17.2 Å². The molecule has 3 aromatic rings. The molecule has 2 aromatic carbocycles. The van der Waals surface area contributed by atoms with Gasteiger partial charge in [0.05, 0.1) is 6.07 Å². The number of carbonyl (C=O) groups is 2. The van der Waals surface area contributed by atoms with Crippen LogP contribution in [0.15, 0.2) is 52.9 Å². The predicted octanol–water partition coefficient (Wildman–Crippen LogP) is 5.76. The molecule has 38 heavy (non-hydrogen) atoms. The Bertz CT molecular complexity index is 1410. The molecule has 0 spiro atoms. The summed E-state index contributed by atoms with van der Waals surface area (Å²) in [5, 5.41) is 15.2. The molecule has 198 valence electrons. The van der Waals surface area contributed by atoms with Crippen molar-refractivity contribution in [1.29, 1.82) is 5.26 Å². The average Bonchev–Trinajstić information content (AvgIpc) is 3.52. The number of alkyl halides is 4. The number of furan rings is 1. The molecule has 0 radical (unpaired) electrons. The zero-order chi connectivity index (χ0) is 27.1. The molecule has 2 fully saturated rings. The van der Waals surface area contributed by atoms with Gasteiger partial charge in [-0.05, 0) is 54.5 Å². The van der Waals surface area contributed by atoms with E-state index in [0.717, 1.165) is 11.1 Å². The van der Waals surface area contributed by atoms with E-state index < -0.39 is 48.1 Å². The van der Waals surface area contributed by atoms with Gasteiger partial charge in [-0.25, -0.2) is 17.6 Å². The molecular formula is C28H25F4N3O3. The smallest absolute Gasteiger partial charge is 0.287 e. The van der Waals surface area contributed by atoms with Gasteiger partial charge in [-0.15, -0.1) is 0 Å². The van der Waals surface area contributed by atoms with Gasteiger partial charge in [0.1, 0.15) is 16.7 Å². The molecule has 0 aliphatic heterocycles. The summed E-state index contributed by atoms with van der Waals surface area (Å²) in [6, 6.07) is 15.5. The highest BCUT2D eigenvalue weighted by Gasteiger charge is 2.53. The summed E-state index contributed by atoms with van der Waals surface area (Å²) < 4.78 is 58.9. The molecule has 2 saturated carbocycles. The van der Waals surface area contributed by atoms with Crippen LogP contribution in [-0.2, 0) is 11.2 Å². The Hall–Kier alpha value is -3.87. The molecule has 0 saturated heterocycles. The number of fused-ring (bicyclic) bond motifs is 1. The predicted molar refractivity (Wildman–Crippen MR) is 131 cm³/mol. The van der Waals surface area contributed by atoms with Crippen LogP contribution in [0.5, 0.6) is 0 Å². The Kier molecular flexibility index (Phi) is 6.41. The summed E-state index contributed by atoms with van der Waals surface area (Å²) in [7, 11) is 0. The molecule has 2 aliphatic carbocycles. The summed E-state index contributed by atoms with van der Waals surface area (Å²) in [5.74, 6) is -4.39. The Labute approximate surface area is 216 Å². The minimum atomic E-state index is -2.94. The lowest BCUT2D eigenvalue weighted by molar-refractivity contribution is -0.133. The van der Waals surface area contributed by atoms with Crippen LogP contribution in [0.25, 0.3) is 22.1 Å². The van der Waals surface area contributed by atoms with Crippen molar-refractivity contribution in [3.63, 3.8) is 0 Å². The summed E-state index contributed by atoms with van der Waals surface area (Å²) in [6.07, 6.45) is -3.51. The molecule has 1 aromatic heterocycles. The van der Waals surface area contributed by atoms with E-state index in [2.05, 4.69) is 10.6 Å². The van der Waals surface area contributed by atoms with Crippen molar-refractivity contribution in [2.75, 3.05) is 0 Å². The second-order valence-corrected chi connectivity index (χ2v) is 10.2. The highest BCUT2D eigenvalue weighted by molar-refractivity contribution is 6.00. The third-order valence-corrected chi connectivity index (χ3v) is 7.36. The quantitative estimate of drug-likeness (QED) is 0.382. The van der Waals surface area contributed by atoms with E-state index in [1.54, 1.807) is 42.5 Å². The van der Waals surface area contributed by atoms with Crippen molar-refractivity contribution in [2.45, 2.75) is 68.4 Å². The standard InChI is InChI=1S/C28H25F4N3O3/c29-23(30)13-17-1-3-18(4-2-17)19-5-6-20-15-22(38-21(20)14-19)24(36)34-27(9-11-28(31,32)12-10-27)25(37)35-26(16-33)7-8-26/h1-6,14-15,23H,7-13H2,(H,34,36)(H,35,37). The van der Waals surface area contributed by atoms with E-state index in [0.29, 0.717) is 29.4 Å². The maximum absolute atomic E-state index is 13.9. The van der Waals surface area contributed by atoms with Crippen LogP contribution in [0.2, 0.25) is 0 Å². The van der Waals surface area contributed by atoms with E-state index in [-0.39, 0.29) is 25.0 Å². The van der Waals surface area contributed by atoms with Gasteiger partial charge in [0.15, 0.2) is 5.76 Å². The number of rotatable bonds is 7. The number of hydrogen-bond acceptors (Lipinski definition) is 4. The van der Waals surface area contributed by atoms with E-state index in [1.807, 2.05) is 6.07 Å². The van der Waals surface area contributed by atoms with Crippen LogP contribution in [0.1, 0.15) is 54.6 Å². The van der Waals surface area contributed by atoms with Crippen LogP contribution in [0.3, 0.4) is 0 Å². The lowest BCUT2D eigenvalue weighted by Gasteiger charge is -2.39. The van der Waals surface area contributed by atoms with Crippen LogP contribution < -0.4 is 10.6 Å². The molecule has 0 bridgehead atoms. The topological polar surface area (TPSA) is 95.1 Å². The summed E-state index contributed by atoms with van der Waals surface area (Å²) in [6.45, 7) is 0. The van der Waals surface area contributed by atoms with Crippen LogP contribution in [-0.4, -0.2) is 35.2 Å². The van der Waals surface area contributed by atoms with E-state index >= 15 is 0 Å². The van der Waals surface area contributed by atoms with Crippen LogP contribution in [0, 0.1) is 11.3 Å². The lowest BCUT2D eigenvalue weighted by Crippen LogP contribution is -2.62. The number of nitrogens with zero attached hydrogens (tertiary/aromatic N) is 1. The Morgan fingerprint density at radius 2 is 1.58 bits per heavy atom. The minimum absolute atomic E-state index is 0.0876. The monoisotopic (exact) mass is 527 g/mol. The Balaban J connectivity index is 1.37. The zero-order valence-electron chi connectivity index (χ0n) is 20.3. The highest BCUT2D eigenvalue weighted by Crippen LogP contribution is 2.41. The maximum Gasteiger partial charge on any atom is 0.287 e. The van der Waals surface area contributed by atoms with Crippen molar-refractivity contribution in [3.05, 3.63) is 59.9 Å². The molecular weight excluding hydrogens is 502 g/mol. The number of halogens is 4. The van der Waals surface area contributed by atoms with Gasteiger partial charge < -0.3 is 15.1 Å². The SMILES string of the molecule is N#CC1(NC(=O)C2(NC(=O)c3cc4ccc(-c5ccc(CC(F)F)cc5)cc4o3)CCC(F)(F)CC2)CC1. The third-order valence-electron chi connectivity index (χ3n) is 7.36. The zero-order valence-corrected chi connectivity index (χ0v) is 20.3. The minimum Gasteiger partial charge on any atom is -0.451 e. The van der Waals surface area contributed by atoms with Crippen LogP contribution >= 0.6 is 0 Å². The summed E-state index contributed by atoms with van der Waals surface area (Å²) in [5.41, 5.74) is -0.170. The average molecular weight is 528 g/mol. The third kappa shape index (κ3) is 5.23. The summed E-state index contributed by atoms with van der Waals surface area (Å²) in [4.78, 5) is 26.4. The number of carbonyl (C=O) groups excluding carboxylic acids is 2. The first kappa shape index (κ1) is 25.8. The van der Waals surface area contributed by atoms with Gasteiger partial charge in [0.2, 0.25) is 18.3 Å². The largest absolute Gasteiger partial charge is 0.451 e. The molecule has 2 aliphatic rings. The van der Waals surface area contributed by atoms with Gasteiger partial charge in [-0.2, -0.15) is 5.26 Å². The molecule has 0 unspecified atom stereocenters. The summed E-state index contributed by atoms with van der Waals surface area (Å²) >= 11 is 0. The number of benzene rings is 2. The normalized spacial score (nSPS) is 19.1. The van der Waals surface area contributed by atoms with E-state index in [4.69, 9.17) is 4.42 Å². The lowest BCUT2D eigenvalue weighted by atomic mass is 9.78. The van der Waals surface area contributed by atoms with Gasteiger partial charge in [-0.1, -0.05) is 36.4 Å². The van der Waals surface area contributed by atoms with E-state index in [9.17, 15) is 32.4 Å². The first-order valence-corrected chi connectivity index (χ1v) is 12.4. The van der Waals surface area contributed by atoms with Gasteiger partial charge in [0, 0.05) is 24.6 Å². The maximum atomic E-state index is 13.9. The fourth-order valence-corrected chi connectivity index (χ4v) is 4.79. The molecule has 10 heteroatoms. The second-order valence-electron chi connectivity index (χ2n) is 10.2. The van der Waals surface area contributed by atoms with Crippen molar-refractivity contribution >= 4 is 22.8 Å². The molecule has 5 rings (SSSR count). The van der Waals surface area contributed by atoms with Crippen molar-refractivity contribution in [2.24, 2.45) is 0 Å². The van der Waals surface area contributed by atoms with Gasteiger partial charge in [-0.3, -0.25) is 9.59 Å². The van der Waals surface area contributed by atoms with Crippen molar-refractivity contribution in [1.82, 2.24) is 10.6 Å². The first-order valence-electron chi connectivity index (χ1n) is 12.4. The molecule has 0 atom stereocenters. The molecule has 2 amide bonds. The molecule has 2 N–H and O–H groups in total. The number of nitriles is 1. The Morgan fingerprint density at radius 3 is 2.18 bits per heavy atom. The molecule has 1 heterocycles. The highest BCUT2D eigenvalue weighted by atomic mass is 19.3. The van der Waals surface area contributed by atoms with Gasteiger partial charge in [0.25, 0.3) is 5.91 Å². The van der Waals surface area contributed by atoms with E-state index in [1.165, 1.54) is 6.07 Å². The number of amides is 2. The Morgan fingerprint density at radius 1 is 0.921 bits per heavy atom. The fraction of sp³-hybridized carbons (Fsp3) is 0.393. The number of hydrogen-bond donors (Lipinski definition) is 2. The van der Waals surface area contributed by atoms with Gasteiger partial charge >= 0.3 is 0 Å². The van der Waals surface area contributed by atoms with Crippen LogP contribution in [0.4, 0.5) is 17.6 Å². The van der Waals surface area contributed by atoms with Crippen molar-refractivity contribution < 1.29 is 31.6 Å². The first-order chi connectivity index (χ1) is 18.0. The second kappa shape index (κ2) is 9.46. The molecule has 6 nitrogen and oxygen atoms in total. The fourth-order valence-electron chi connectivity index (χ4n) is 4.79. The number of nitrogens with one attached hydrogen (secondary N) is 2.